The zero-order valence-corrected chi connectivity index (χ0v) is 10.8. The summed E-state index contributed by atoms with van der Waals surface area (Å²) in [5.41, 5.74) is 0.836. The van der Waals surface area contributed by atoms with Crippen molar-refractivity contribution >= 4 is 11.8 Å². The second-order valence-electron chi connectivity index (χ2n) is 4.01. The van der Waals surface area contributed by atoms with Crippen LogP contribution in [0.2, 0.25) is 0 Å². The molecule has 1 unspecified atom stereocenters. The van der Waals surface area contributed by atoms with E-state index in [1.54, 1.807) is 6.07 Å². The molecule has 1 aliphatic rings. The van der Waals surface area contributed by atoms with Crippen molar-refractivity contribution in [2.75, 3.05) is 19.6 Å². The van der Waals surface area contributed by atoms with E-state index < -0.39 is 0 Å². The second kappa shape index (κ2) is 5.51. The molecule has 1 aromatic carbocycles. The van der Waals surface area contributed by atoms with Crippen molar-refractivity contribution in [3.63, 3.8) is 0 Å². The molecule has 0 amide bonds. The Bertz CT molecular complexity index is 398. The fraction of sp³-hybridized carbons (Fsp3) is 0.500. The molecule has 17 heavy (non-hydrogen) atoms. The first-order valence-corrected chi connectivity index (χ1v) is 6.84. The van der Waals surface area contributed by atoms with Gasteiger partial charge in [0.2, 0.25) is 6.79 Å². The molecular weight excluding hydrogens is 238 g/mol. The summed E-state index contributed by atoms with van der Waals surface area (Å²) in [4.78, 5) is 0. The lowest BCUT2D eigenvalue weighted by Crippen LogP contribution is -2.22. The van der Waals surface area contributed by atoms with Crippen molar-refractivity contribution in [1.82, 2.24) is 5.32 Å². The molecule has 2 N–H and O–H groups in total. The third-order valence-corrected chi connectivity index (χ3v) is 3.69. The number of aromatic hydroxyl groups is 1. The lowest BCUT2D eigenvalue weighted by molar-refractivity contribution is 0.174. The number of fused-ring (bicyclic) bond motifs is 1. The van der Waals surface area contributed by atoms with Gasteiger partial charge >= 0.3 is 0 Å². The van der Waals surface area contributed by atoms with E-state index in [-0.39, 0.29) is 12.5 Å². The van der Waals surface area contributed by atoms with Crippen molar-refractivity contribution in [2.24, 2.45) is 0 Å². The van der Waals surface area contributed by atoms with Crippen molar-refractivity contribution in [3.8, 4) is 17.2 Å². The zero-order valence-electron chi connectivity index (χ0n) is 10.0. The van der Waals surface area contributed by atoms with E-state index >= 15 is 0 Å². The van der Waals surface area contributed by atoms with E-state index in [4.69, 9.17) is 9.47 Å². The van der Waals surface area contributed by atoms with Crippen LogP contribution in [0.1, 0.15) is 12.5 Å². The molecule has 0 radical (unpaired) electrons. The maximum atomic E-state index is 9.82. The molecule has 5 heteroatoms. The van der Waals surface area contributed by atoms with Gasteiger partial charge in [-0.15, -0.1) is 0 Å². The molecule has 0 spiro atoms. The Morgan fingerprint density at radius 1 is 1.41 bits per heavy atom. The van der Waals surface area contributed by atoms with Crippen LogP contribution in [-0.4, -0.2) is 29.9 Å². The van der Waals surface area contributed by atoms with Gasteiger partial charge in [-0.2, -0.15) is 11.8 Å². The normalized spacial score (nSPS) is 14.9. The van der Waals surface area contributed by atoms with E-state index in [2.05, 4.69) is 18.5 Å². The van der Waals surface area contributed by atoms with Crippen LogP contribution in [0.4, 0.5) is 0 Å². The number of thioether (sulfide) groups is 1. The summed E-state index contributed by atoms with van der Waals surface area (Å²) in [5, 5.41) is 13.7. The van der Waals surface area contributed by atoms with E-state index in [0.717, 1.165) is 12.1 Å². The first-order valence-electron chi connectivity index (χ1n) is 5.55. The molecule has 0 aliphatic carbocycles. The maximum absolute atomic E-state index is 9.82. The van der Waals surface area contributed by atoms with Crippen LogP contribution in [0, 0.1) is 0 Å². The molecule has 2 rings (SSSR count). The van der Waals surface area contributed by atoms with Crippen LogP contribution >= 0.6 is 11.8 Å². The number of ether oxygens (including phenoxy) is 2. The van der Waals surface area contributed by atoms with Crippen LogP contribution in [0.25, 0.3) is 0 Å². The van der Waals surface area contributed by atoms with Gasteiger partial charge in [-0.05, 0) is 12.3 Å². The minimum atomic E-state index is 0.231. The molecule has 4 nitrogen and oxygen atoms in total. The molecule has 0 aromatic heterocycles. The largest absolute Gasteiger partial charge is 0.507 e. The highest BCUT2D eigenvalue weighted by molar-refractivity contribution is 7.99. The van der Waals surface area contributed by atoms with Gasteiger partial charge in [0.25, 0.3) is 0 Å². The molecule has 0 saturated carbocycles. The number of rotatable bonds is 5. The minimum Gasteiger partial charge on any atom is -0.507 e. The van der Waals surface area contributed by atoms with E-state index in [0.29, 0.717) is 23.3 Å². The Balaban J connectivity index is 1.97. The van der Waals surface area contributed by atoms with E-state index in [9.17, 15) is 5.11 Å². The fourth-order valence-electron chi connectivity index (χ4n) is 1.61. The van der Waals surface area contributed by atoms with Crippen molar-refractivity contribution in [1.29, 1.82) is 0 Å². The Morgan fingerprint density at radius 3 is 2.82 bits per heavy atom. The van der Waals surface area contributed by atoms with Gasteiger partial charge in [0, 0.05) is 30.0 Å². The summed E-state index contributed by atoms with van der Waals surface area (Å²) in [6, 6.07) is 3.44. The fourth-order valence-corrected chi connectivity index (χ4v) is 1.89. The van der Waals surface area contributed by atoms with Gasteiger partial charge in [-0.3, -0.25) is 0 Å². The van der Waals surface area contributed by atoms with E-state index in [1.807, 2.05) is 17.8 Å². The first-order chi connectivity index (χ1) is 8.20. The third kappa shape index (κ3) is 2.98. The monoisotopic (exact) mass is 255 g/mol. The molecular formula is C12H17NO3S. The SMILES string of the molecule is CSC(C)CNCc1cc2c(cc1O)OCO2. The average molecular weight is 255 g/mol. The Hall–Kier alpha value is -1.07. The Kier molecular flexibility index (Phi) is 4.02. The van der Waals surface area contributed by atoms with Gasteiger partial charge in [0.1, 0.15) is 5.75 Å². The lowest BCUT2D eigenvalue weighted by atomic mass is 10.1. The van der Waals surface area contributed by atoms with Crippen LogP contribution in [0.5, 0.6) is 17.2 Å². The van der Waals surface area contributed by atoms with Crippen LogP contribution < -0.4 is 14.8 Å². The van der Waals surface area contributed by atoms with E-state index in [1.165, 1.54) is 0 Å². The highest BCUT2D eigenvalue weighted by Gasteiger charge is 2.16. The first kappa shape index (κ1) is 12.4. The van der Waals surface area contributed by atoms with Crippen molar-refractivity contribution in [2.45, 2.75) is 18.7 Å². The predicted octanol–water partition coefficient (Wildman–Crippen LogP) is 1.96. The third-order valence-electron chi connectivity index (χ3n) is 2.72. The summed E-state index contributed by atoms with van der Waals surface area (Å²) < 4.78 is 10.5. The number of hydrogen-bond acceptors (Lipinski definition) is 5. The van der Waals surface area contributed by atoms with Gasteiger partial charge in [0.15, 0.2) is 11.5 Å². The number of phenols is 1. The standard InChI is InChI=1S/C12H17NO3S/c1-8(17-2)5-13-6-9-3-11-12(4-10(9)14)16-7-15-11/h3-4,8,13-14H,5-7H2,1-2H3. The zero-order chi connectivity index (χ0) is 12.3. The number of hydrogen-bond donors (Lipinski definition) is 2. The van der Waals surface area contributed by atoms with Crippen LogP contribution in [0.3, 0.4) is 0 Å². The second-order valence-corrected chi connectivity index (χ2v) is 5.29. The van der Waals surface area contributed by atoms with Crippen molar-refractivity contribution < 1.29 is 14.6 Å². The quantitative estimate of drug-likeness (QED) is 0.842. The van der Waals surface area contributed by atoms with Crippen LogP contribution in [0.15, 0.2) is 12.1 Å². The number of phenolic OH excluding ortho intramolecular Hbond substituents is 1. The number of benzene rings is 1. The summed E-state index contributed by atoms with van der Waals surface area (Å²) >= 11 is 1.81. The molecule has 1 aromatic rings. The minimum absolute atomic E-state index is 0.231. The van der Waals surface area contributed by atoms with Crippen LogP contribution in [-0.2, 0) is 6.54 Å². The molecule has 94 valence electrons. The summed E-state index contributed by atoms with van der Waals surface area (Å²) in [7, 11) is 0. The highest BCUT2D eigenvalue weighted by Crippen LogP contribution is 2.37. The molecule has 0 fully saturated rings. The van der Waals surface area contributed by atoms with Crippen molar-refractivity contribution in [3.05, 3.63) is 17.7 Å². The van der Waals surface area contributed by atoms with Gasteiger partial charge in [-0.25, -0.2) is 0 Å². The van der Waals surface area contributed by atoms with Gasteiger partial charge in [-0.1, -0.05) is 6.92 Å². The Labute approximate surface area is 105 Å². The molecule has 1 atom stereocenters. The summed E-state index contributed by atoms with van der Waals surface area (Å²) in [6.07, 6.45) is 2.09. The lowest BCUT2D eigenvalue weighted by Gasteiger charge is -2.11. The highest BCUT2D eigenvalue weighted by atomic mass is 32.2. The molecule has 1 aliphatic heterocycles. The van der Waals surface area contributed by atoms with Gasteiger partial charge in [0.05, 0.1) is 0 Å². The maximum Gasteiger partial charge on any atom is 0.231 e. The topological polar surface area (TPSA) is 50.7 Å². The summed E-state index contributed by atoms with van der Waals surface area (Å²) in [6.45, 7) is 3.94. The smallest absolute Gasteiger partial charge is 0.231 e. The van der Waals surface area contributed by atoms with Gasteiger partial charge < -0.3 is 19.9 Å². The predicted molar refractivity (Wildman–Crippen MR) is 68.9 cm³/mol. The number of nitrogens with one attached hydrogen (secondary N) is 1. The molecule has 0 bridgehead atoms. The Morgan fingerprint density at radius 2 is 2.12 bits per heavy atom. The summed E-state index contributed by atoms with van der Waals surface area (Å²) in [5.74, 6) is 1.57. The molecule has 1 heterocycles. The molecule has 0 saturated heterocycles. The average Bonchev–Trinajstić information content (AvgIpc) is 2.76.